The van der Waals surface area contributed by atoms with Gasteiger partial charge in [-0.2, -0.15) is 0 Å². The molecule has 0 aliphatic rings. The number of nitrogens with two attached hydrogens (primary N) is 1. The van der Waals surface area contributed by atoms with Crippen LogP contribution in [-0.4, -0.2) is 18.0 Å². The molecule has 2 amide bonds. The van der Waals surface area contributed by atoms with E-state index in [0.717, 1.165) is 11.4 Å². The highest BCUT2D eigenvalue weighted by Crippen LogP contribution is 2.20. The van der Waals surface area contributed by atoms with Gasteiger partial charge in [0.05, 0.1) is 16.8 Å². The first-order valence-electron chi connectivity index (χ1n) is 10.7. The number of nitrogens with zero attached hydrogens (tertiary/aromatic N) is 1. The number of aliphatic imine (C=N–C) groups is 1. The van der Waals surface area contributed by atoms with Crippen LogP contribution in [-0.2, 0) is 0 Å². The van der Waals surface area contributed by atoms with Crippen LogP contribution in [0.15, 0.2) is 114 Å². The van der Waals surface area contributed by atoms with Crippen LogP contribution in [0, 0.1) is 0 Å². The third kappa shape index (κ3) is 6.90. The highest BCUT2D eigenvalue weighted by molar-refractivity contribution is 6.08. The number of hydrogen-bond donors (Lipinski definition) is 3. The van der Waals surface area contributed by atoms with Gasteiger partial charge in [0.15, 0.2) is 0 Å². The largest absolute Gasteiger partial charge is 0.398 e. The van der Waals surface area contributed by atoms with Crippen LogP contribution < -0.4 is 16.4 Å². The third-order valence-corrected chi connectivity index (χ3v) is 4.69. The summed E-state index contributed by atoms with van der Waals surface area (Å²) >= 11 is 0. The molecular weight excluding hydrogens is 424 g/mol. The average Bonchev–Trinajstić information content (AvgIpc) is 2.86. The first kappa shape index (κ1) is 23.9. The quantitative estimate of drug-likeness (QED) is 0.250. The van der Waals surface area contributed by atoms with Crippen molar-refractivity contribution in [2.24, 2.45) is 4.99 Å². The van der Waals surface area contributed by atoms with E-state index in [1.165, 1.54) is 0 Å². The molecule has 0 saturated carbocycles. The zero-order chi connectivity index (χ0) is 24.2. The number of nitrogen functional groups attached to an aromatic ring is 1. The maximum absolute atomic E-state index is 12.1. The fourth-order valence-electron chi connectivity index (χ4n) is 3.06. The molecule has 0 fully saturated rings. The van der Waals surface area contributed by atoms with Crippen LogP contribution in [0.3, 0.4) is 0 Å². The van der Waals surface area contributed by atoms with E-state index in [9.17, 15) is 9.59 Å². The molecule has 0 radical (unpaired) electrons. The molecule has 0 aliphatic carbocycles. The average molecular weight is 451 g/mol. The van der Waals surface area contributed by atoms with Crippen LogP contribution in [0.25, 0.3) is 0 Å². The van der Waals surface area contributed by atoms with Crippen molar-refractivity contribution < 1.29 is 9.59 Å². The first-order valence-corrected chi connectivity index (χ1v) is 10.7. The van der Waals surface area contributed by atoms with Crippen molar-refractivity contribution in [2.75, 3.05) is 16.4 Å². The van der Waals surface area contributed by atoms with E-state index in [1.807, 2.05) is 85.8 Å². The lowest BCUT2D eigenvalue weighted by Gasteiger charge is -2.07. The number of para-hydroxylation sites is 4. The Morgan fingerprint density at radius 3 is 1.62 bits per heavy atom. The zero-order valence-corrected chi connectivity index (χ0v) is 18.8. The van der Waals surface area contributed by atoms with E-state index >= 15 is 0 Å². The summed E-state index contributed by atoms with van der Waals surface area (Å²) in [6, 6.07) is 32.9. The van der Waals surface area contributed by atoms with Gasteiger partial charge in [-0.05, 0) is 55.5 Å². The molecule has 170 valence electrons. The molecule has 34 heavy (non-hydrogen) atoms. The van der Waals surface area contributed by atoms with Crippen LogP contribution >= 0.6 is 0 Å². The van der Waals surface area contributed by atoms with Crippen molar-refractivity contribution in [1.82, 2.24) is 0 Å². The first-order chi connectivity index (χ1) is 16.6. The molecule has 0 unspecified atom stereocenters. The molecule has 4 aromatic carbocycles. The monoisotopic (exact) mass is 450 g/mol. The van der Waals surface area contributed by atoms with Gasteiger partial charge in [0.1, 0.15) is 0 Å². The number of carbonyl (C=O) groups excluding carboxylic acids is 2. The van der Waals surface area contributed by atoms with E-state index in [1.54, 1.807) is 36.5 Å². The zero-order valence-electron chi connectivity index (χ0n) is 18.8. The van der Waals surface area contributed by atoms with E-state index < -0.39 is 0 Å². The summed E-state index contributed by atoms with van der Waals surface area (Å²) in [6.07, 6.45) is 1.68. The van der Waals surface area contributed by atoms with Crippen LogP contribution in [0.1, 0.15) is 27.6 Å². The van der Waals surface area contributed by atoms with E-state index in [4.69, 9.17) is 5.73 Å². The van der Waals surface area contributed by atoms with Crippen LogP contribution in [0.2, 0.25) is 0 Å². The Morgan fingerprint density at radius 2 is 1.09 bits per heavy atom. The molecule has 0 atom stereocenters. The van der Waals surface area contributed by atoms with Crippen molar-refractivity contribution in [2.45, 2.75) is 6.92 Å². The topological polar surface area (TPSA) is 96.6 Å². The third-order valence-electron chi connectivity index (χ3n) is 4.69. The molecule has 0 aliphatic heterocycles. The van der Waals surface area contributed by atoms with Crippen molar-refractivity contribution >= 4 is 40.8 Å². The standard InChI is InChI=1S/C15H14N2O.C13H12N2O/c1-2-16-14-11-7-6-10-13(14)15(18)17-12-8-4-3-5-9-12;14-12-9-5-4-8-11(12)13(16)15-10-6-2-1-3-7-10/h2-11H,1H3,(H,17,18);1-9H,14H2,(H,15,16). The number of rotatable bonds is 5. The van der Waals surface area contributed by atoms with Crippen LogP contribution in [0.4, 0.5) is 22.7 Å². The minimum absolute atomic E-state index is 0.151. The summed E-state index contributed by atoms with van der Waals surface area (Å²) in [5, 5.41) is 5.62. The number of nitrogens with one attached hydrogen (secondary N) is 2. The molecular formula is C28H26N4O2. The molecule has 6 nitrogen and oxygen atoms in total. The van der Waals surface area contributed by atoms with E-state index in [0.29, 0.717) is 22.5 Å². The Bertz CT molecular complexity index is 1260. The molecule has 0 heterocycles. The molecule has 4 N–H and O–H groups in total. The normalized spacial score (nSPS) is 10.1. The minimum Gasteiger partial charge on any atom is -0.398 e. The van der Waals surface area contributed by atoms with E-state index in [2.05, 4.69) is 15.6 Å². The van der Waals surface area contributed by atoms with Gasteiger partial charge in [0.2, 0.25) is 0 Å². The number of carbonyl (C=O) groups is 2. The second kappa shape index (κ2) is 12.4. The SMILES string of the molecule is CC=Nc1ccccc1C(=O)Nc1ccccc1.Nc1ccccc1C(=O)Nc1ccccc1. The molecule has 0 aromatic heterocycles. The fraction of sp³-hybridized carbons (Fsp3) is 0.0357. The van der Waals surface area contributed by atoms with Gasteiger partial charge < -0.3 is 16.4 Å². The second-order valence-corrected chi connectivity index (χ2v) is 7.13. The Balaban J connectivity index is 0.000000192. The predicted octanol–water partition coefficient (Wildman–Crippen LogP) is 6.18. The minimum atomic E-state index is -0.190. The lowest BCUT2D eigenvalue weighted by molar-refractivity contribution is 0.101. The Labute approximate surface area is 199 Å². The van der Waals surface area contributed by atoms with Gasteiger partial charge in [-0.25, -0.2) is 0 Å². The van der Waals surface area contributed by atoms with Gasteiger partial charge >= 0.3 is 0 Å². The van der Waals surface area contributed by atoms with Crippen molar-refractivity contribution in [1.29, 1.82) is 0 Å². The van der Waals surface area contributed by atoms with Gasteiger partial charge in [0, 0.05) is 23.3 Å². The summed E-state index contributed by atoms with van der Waals surface area (Å²) in [6.45, 7) is 1.83. The maximum Gasteiger partial charge on any atom is 0.257 e. The molecule has 0 bridgehead atoms. The fourth-order valence-corrected chi connectivity index (χ4v) is 3.06. The number of amides is 2. The van der Waals surface area contributed by atoms with Gasteiger partial charge in [-0.3, -0.25) is 14.6 Å². The Morgan fingerprint density at radius 1 is 0.647 bits per heavy atom. The predicted molar refractivity (Wildman–Crippen MR) is 140 cm³/mol. The molecule has 0 spiro atoms. The Kier molecular flexibility index (Phi) is 8.70. The van der Waals surface area contributed by atoms with E-state index in [-0.39, 0.29) is 11.8 Å². The number of anilines is 3. The molecule has 4 aromatic rings. The maximum atomic E-state index is 12.1. The summed E-state index contributed by atoms with van der Waals surface area (Å²) in [5.74, 6) is -0.341. The van der Waals surface area contributed by atoms with Crippen molar-refractivity contribution in [3.8, 4) is 0 Å². The molecule has 6 heteroatoms. The second-order valence-electron chi connectivity index (χ2n) is 7.13. The number of benzene rings is 4. The molecule has 4 rings (SSSR count). The van der Waals surface area contributed by atoms with Crippen molar-refractivity contribution in [3.05, 3.63) is 120 Å². The summed E-state index contributed by atoms with van der Waals surface area (Å²) in [5.41, 5.74) is 9.47. The van der Waals surface area contributed by atoms with Gasteiger partial charge in [-0.15, -0.1) is 0 Å². The summed E-state index contributed by atoms with van der Waals surface area (Å²) in [4.78, 5) is 28.2. The highest BCUT2D eigenvalue weighted by Gasteiger charge is 2.10. The van der Waals surface area contributed by atoms with Crippen molar-refractivity contribution in [3.63, 3.8) is 0 Å². The van der Waals surface area contributed by atoms with Gasteiger partial charge in [-0.1, -0.05) is 60.7 Å². The highest BCUT2D eigenvalue weighted by atomic mass is 16.2. The Hall–Kier alpha value is -4.71. The smallest absolute Gasteiger partial charge is 0.257 e. The lowest BCUT2D eigenvalue weighted by Crippen LogP contribution is -2.13. The van der Waals surface area contributed by atoms with Crippen LogP contribution in [0.5, 0.6) is 0 Å². The molecule has 0 saturated heterocycles. The number of hydrogen-bond acceptors (Lipinski definition) is 4. The lowest BCUT2D eigenvalue weighted by atomic mass is 10.1. The van der Waals surface area contributed by atoms with Gasteiger partial charge in [0.25, 0.3) is 11.8 Å². The summed E-state index contributed by atoms with van der Waals surface area (Å²) in [7, 11) is 0. The summed E-state index contributed by atoms with van der Waals surface area (Å²) < 4.78 is 0.